The molecule has 2 saturated carbocycles. The summed E-state index contributed by atoms with van der Waals surface area (Å²) in [6, 6.07) is 6.43. The third-order valence-electron chi connectivity index (χ3n) is 4.93. The van der Waals surface area contributed by atoms with E-state index in [1.807, 2.05) is 18.2 Å². The van der Waals surface area contributed by atoms with Crippen molar-refractivity contribution in [1.82, 2.24) is 5.32 Å². The summed E-state index contributed by atoms with van der Waals surface area (Å²) in [5.41, 5.74) is 0.335. The maximum atomic E-state index is 6.27. The zero-order valence-corrected chi connectivity index (χ0v) is 14.1. The molecule has 0 aliphatic heterocycles. The molecule has 0 saturated heterocycles. The van der Waals surface area contributed by atoms with Crippen LogP contribution in [0, 0.1) is 5.41 Å². The molecule has 2 atom stereocenters. The highest BCUT2D eigenvalue weighted by Crippen LogP contribution is 2.55. The number of nitrogens with one attached hydrogen (secondary N) is 1. The van der Waals surface area contributed by atoms with E-state index < -0.39 is 0 Å². The highest BCUT2D eigenvalue weighted by atomic mass is 79.9. The fourth-order valence-electron chi connectivity index (χ4n) is 3.87. The van der Waals surface area contributed by atoms with E-state index in [2.05, 4.69) is 28.2 Å². The standard InChI is InChI=1S/C16H21BrClNO/c1-2-19-14-10-15(16(14)7-3-4-8-16)20-13-9-11(17)5-6-12(13)18/h5-6,9,14-15,19H,2-4,7-8,10H2,1H3. The molecule has 1 N–H and O–H groups in total. The second-order valence-corrected chi connectivity index (χ2v) is 7.29. The van der Waals surface area contributed by atoms with Gasteiger partial charge in [0.05, 0.1) is 5.02 Å². The molecule has 110 valence electrons. The van der Waals surface area contributed by atoms with Crippen LogP contribution in [0.3, 0.4) is 0 Å². The number of rotatable bonds is 4. The summed E-state index contributed by atoms with van der Waals surface area (Å²) in [6.07, 6.45) is 6.61. The van der Waals surface area contributed by atoms with E-state index >= 15 is 0 Å². The van der Waals surface area contributed by atoms with E-state index in [0.717, 1.165) is 23.2 Å². The van der Waals surface area contributed by atoms with Gasteiger partial charge in [0, 0.05) is 22.4 Å². The van der Waals surface area contributed by atoms with E-state index in [1.54, 1.807) is 0 Å². The molecule has 2 aliphatic carbocycles. The first kappa shape index (κ1) is 14.7. The van der Waals surface area contributed by atoms with Gasteiger partial charge in [0.25, 0.3) is 0 Å². The van der Waals surface area contributed by atoms with Crippen LogP contribution in [0.25, 0.3) is 0 Å². The van der Waals surface area contributed by atoms with Gasteiger partial charge in [0.15, 0.2) is 0 Å². The molecule has 0 bridgehead atoms. The lowest BCUT2D eigenvalue weighted by Gasteiger charge is -2.54. The number of hydrogen-bond donors (Lipinski definition) is 1. The second-order valence-electron chi connectivity index (χ2n) is 5.97. The van der Waals surface area contributed by atoms with E-state index in [9.17, 15) is 0 Å². The van der Waals surface area contributed by atoms with Gasteiger partial charge in [0.1, 0.15) is 11.9 Å². The molecule has 1 aromatic carbocycles. The fourth-order valence-corrected chi connectivity index (χ4v) is 4.37. The lowest BCUT2D eigenvalue weighted by atomic mass is 9.60. The van der Waals surface area contributed by atoms with Crippen molar-refractivity contribution in [1.29, 1.82) is 0 Å². The van der Waals surface area contributed by atoms with Gasteiger partial charge in [-0.15, -0.1) is 0 Å². The highest BCUT2D eigenvalue weighted by Gasteiger charge is 2.57. The van der Waals surface area contributed by atoms with Crippen molar-refractivity contribution in [2.45, 2.75) is 51.2 Å². The quantitative estimate of drug-likeness (QED) is 0.835. The number of halogens is 2. The Kier molecular flexibility index (Phi) is 4.30. The predicted octanol–water partition coefficient (Wildman–Crippen LogP) is 4.79. The Morgan fingerprint density at radius 1 is 1.40 bits per heavy atom. The van der Waals surface area contributed by atoms with E-state index in [1.165, 1.54) is 25.7 Å². The minimum Gasteiger partial charge on any atom is -0.488 e. The van der Waals surface area contributed by atoms with Crippen molar-refractivity contribution in [2.24, 2.45) is 5.41 Å². The number of ether oxygens (including phenoxy) is 1. The molecule has 20 heavy (non-hydrogen) atoms. The van der Waals surface area contributed by atoms with Crippen LogP contribution in [-0.4, -0.2) is 18.7 Å². The lowest BCUT2D eigenvalue weighted by Crippen LogP contribution is -2.63. The van der Waals surface area contributed by atoms with Crippen molar-refractivity contribution in [3.63, 3.8) is 0 Å². The molecule has 3 rings (SSSR count). The van der Waals surface area contributed by atoms with Crippen molar-refractivity contribution < 1.29 is 4.74 Å². The van der Waals surface area contributed by atoms with Crippen LogP contribution in [-0.2, 0) is 0 Å². The molecule has 2 nitrogen and oxygen atoms in total. The molecule has 0 amide bonds. The van der Waals surface area contributed by atoms with Crippen LogP contribution >= 0.6 is 27.5 Å². The molecule has 4 heteroatoms. The molecule has 2 fully saturated rings. The van der Waals surface area contributed by atoms with Crippen LogP contribution < -0.4 is 10.1 Å². The second kappa shape index (κ2) is 5.86. The smallest absolute Gasteiger partial charge is 0.139 e. The van der Waals surface area contributed by atoms with Crippen LogP contribution in [0.1, 0.15) is 39.0 Å². The van der Waals surface area contributed by atoms with Crippen LogP contribution in [0.4, 0.5) is 0 Å². The Morgan fingerprint density at radius 2 is 2.15 bits per heavy atom. The molecule has 0 heterocycles. The SMILES string of the molecule is CCNC1CC(Oc2cc(Br)ccc2Cl)C12CCCC2. The summed E-state index contributed by atoms with van der Waals surface area (Å²) in [5, 5.41) is 4.34. The largest absolute Gasteiger partial charge is 0.488 e. The molecule has 1 aromatic rings. The topological polar surface area (TPSA) is 21.3 Å². The van der Waals surface area contributed by atoms with Crippen molar-refractivity contribution >= 4 is 27.5 Å². The number of hydrogen-bond acceptors (Lipinski definition) is 2. The first-order chi connectivity index (χ1) is 9.65. The highest BCUT2D eigenvalue weighted by molar-refractivity contribution is 9.10. The van der Waals surface area contributed by atoms with Gasteiger partial charge in [-0.1, -0.05) is 47.3 Å². The zero-order chi connectivity index (χ0) is 14.2. The third kappa shape index (κ3) is 2.49. The van der Waals surface area contributed by atoms with Crippen LogP contribution in [0.15, 0.2) is 22.7 Å². The van der Waals surface area contributed by atoms with Crippen molar-refractivity contribution in [2.75, 3.05) is 6.54 Å². The van der Waals surface area contributed by atoms with Gasteiger partial charge >= 0.3 is 0 Å². The molecule has 2 aliphatic rings. The minimum atomic E-state index is 0.306. The average molecular weight is 359 g/mol. The van der Waals surface area contributed by atoms with Gasteiger partial charge in [0.2, 0.25) is 0 Å². The van der Waals surface area contributed by atoms with Crippen molar-refractivity contribution in [3.05, 3.63) is 27.7 Å². The monoisotopic (exact) mass is 357 g/mol. The van der Waals surface area contributed by atoms with Gasteiger partial charge in [-0.3, -0.25) is 0 Å². The Morgan fingerprint density at radius 3 is 2.85 bits per heavy atom. The minimum absolute atomic E-state index is 0.306. The van der Waals surface area contributed by atoms with E-state index in [4.69, 9.17) is 16.3 Å². The summed E-state index contributed by atoms with van der Waals surface area (Å²) in [7, 11) is 0. The van der Waals surface area contributed by atoms with Gasteiger partial charge in [-0.2, -0.15) is 0 Å². The maximum Gasteiger partial charge on any atom is 0.139 e. The Balaban J connectivity index is 1.76. The first-order valence-electron chi connectivity index (χ1n) is 7.51. The molecule has 1 spiro atoms. The zero-order valence-electron chi connectivity index (χ0n) is 11.8. The Bertz CT molecular complexity index is 487. The average Bonchev–Trinajstić information content (AvgIpc) is 2.94. The fraction of sp³-hybridized carbons (Fsp3) is 0.625. The summed E-state index contributed by atoms with van der Waals surface area (Å²) in [6.45, 7) is 3.22. The van der Waals surface area contributed by atoms with Crippen LogP contribution in [0.5, 0.6) is 5.75 Å². The summed E-state index contributed by atoms with van der Waals surface area (Å²) in [4.78, 5) is 0. The van der Waals surface area contributed by atoms with E-state index in [-0.39, 0.29) is 0 Å². The molecule has 0 radical (unpaired) electrons. The van der Waals surface area contributed by atoms with Crippen molar-refractivity contribution in [3.8, 4) is 5.75 Å². The maximum absolute atomic E-state index is 6.27. The van der Waals surface area contributed by atoms with Gasteiger partial charge in [-0.05, 0) is 37.6 Å². The summed E-state index contributed by atoms with van der Waals surface area (Å²) >= 11 is 9.74. The summed E-state index contributed by atoms with van der Waals surface area (Å²) < 4.78 is 7.29. The molecule has 2 unspecified atom stereocenters. The lowest BCUT2D eigenvalue weighted by molar-refractivity contribution is -0.0755. The number of benzene rings is 1. The first-order valence-corrected chi connectivity index (χ1v) is 8.68. The Hall–Kier alpha value is -0.250. The molecular formula is C16H21BrClNO. The van der Waals surface area contributed by atoms with E-state index in [0.29, 0.717) is 22.6 Å². The van der Waals surface area contributed by atoms with Crippen LogP contribution in [0.2, 0.25) is 5.02 Å². The molecule has 0 aromatic heterocycles. The normalized spacial score (nSPS) is 27.6. The van der Waals surface area contributed by atoms with Gasteiger partial charge in [-0.25, -0.2) is 0 Å². The Labute approximate surface area is 134 Å². The third-order valence-corrected chi connectivity index (χ3v) is 5.74. The van der Waals surface area contributed by atoms with Gasteiger partial charge < -0.3 is 10.1 Å². The molecular weight excluding hydrogens is 338 g/mol. The summed E-state index contributed by atoms with van der Waals surface area (Å²) in [5.74, 6) is 0.812. The predicted molar refractivity (Wildman–Crippen MR) is 86.6 cm³/mol.